The number of para-hydroxylation sites is 1. The van der Waals surface area contributed by atoms with Crippen molar-refractivity contribution in [2.45, 2.75) is 40.0 Å². The first-order valence-electron chi connectivity index (χ1n) is 7.41. The molecule has 0 saturated heterocycles. The van der Waals surface area contributed by atoms with Crippen LogP contribution in [-0.2, 0) is 17.6 Å². The van der Waals surface area contributed by atoms with Crippen LogP contribution in [0.3, 0.4) is 0 Å². The number of rotatable bonds is 7. The predicted octanol–water partition coefficient (Wildman–Crippen LogP) is 3.14. The van der Waals surface area contributed by atoms with Gasteiger partial charge >= 0.3 is 12.0 Å². The number of carbonyl (C=O) groups is 2. The summed E-state index contributed by atoms with van der Waals surface area (Å²) < 4.78 is 0. The lowest BCUT2D eigenvalue weighted by atomic mass is 10.0. The van der Waals surface area contributed by atoms with E-state index in [1.807, 2.05) is 39.0 Å². The molecule has 21 heavy (non-hydrogen) atoms. The number of urea groups is 1. The maximum atomic E-state index is 12.3. The van der Waals surface area contributed by atoms with Gasteiger partial charge in [0.1, 0.15) is 0 Å². The number of carboxylic acid groups (broad SMARTS) is 1. The molecule has 0 aliphatic heterocycles. The van der Waals surface area contributed by atoms with E-state index in [0.29, 0.717) is 6.54 Å². The van der Waals surface area contributed by atoms with Crippen LogP contribution in [0.1, 0.15) is 38.3 Å². The molecular weight excluding hydrogens is 268 g/mol. The van der Waals surface area contributed by atoms with Crippen molar-refractivity contribution in [2.75, 3.05) is 18.4 Å². The molecule has 0 radical (unpaired) electrons. The van der Waals surface area contributed by atoms with Crippen LogP contribution in [0.25, 0.3) is 0 Å². The van der Waals surface area contributed by atoms with Crippen LogP contribution < -0.4 is 5.32 Å². The minimum absolute atomic E-state index is 0.0443. The molecule has 0 aliphatic carbocycles. The molecule has 2 N–H and O–H groups in total. The number of nitrogens with zero attached hydrogens (tertiary/aromatic N) is 1. The molecule has 0 heterocycles. The Hall–Kier alpha value is -2.04. The highest BCUT2D eigenvalue weighted by Gasteiger charge is 2.16. The molecule has 0 spiro atoms. The van der Waals surface area contributed by atoms with Gasteiger partial charge in [0, 0.05) is 18.8 Å². The van der Waals surface area contributed by atoms with Gasteiger partial charge in [0.05, 0.1) is 6.42 Å². The molecule has 1 aromatic rings. The molecule has 0 atom stereocenters. The summed E-state index contributed by atoms with van der Waals surface area (Å²) in [6, 6.07) is 5.76. The van der Waals surface area contributed by atoms with Crippen molar-refractivity contribution in [3.63, 3.8) is 0 Å². The Balaban J connectivity index is 2.88. The van der Waals surface area contributed by atoms with E-state index in [4.69, 9.17) is 5.11 Å². The van der Waals surface area contributed by atoms with Crippen molar-refractivity contribution in [2.24, 2.45) is 0 Å². The van der Waals surface area contributed by atoms with Crippen LogP contribution in [-0.4, -0.2) is 35.1 Å². The molecule has 116 valence electrons. The maximum Gasteiger partial charge on any atom is 0.321 e. The summed E-state index contributed by atoms with van der Waals surface area (Å²) in [6.07, 6.45) is 1.63. The standard InChI is InChI=1S/C16H24N2O3/c1-4-12-8-7-9-13(5-2)15(12)17-16(21)18(6-3)11-10-14(19)20/h7-9H,4-6,10-11H2,1-3H3,(H,17,21)(H,19,20). The van der Waals surface area contributed by atoms with Crippen LogP contribution in [0.5, 0.6) is 0 Å². The zero-order valence-corrected chi connectivity index (χ0v) is 13.0. The summed E-state index contributed by atoms with van der Waals surface area (Å²) >= 11 is 0. The maximum absolute atomic E-state index is 12.3. The van der Waals surface area contributed by atoms with E-state index >= 15 is 0 Å². The monoisotopic (exact) mass is 292 g/mol. The quantitative estimate of drug-likeness (QED) is 0.811. The number of nitrogens with one attached hydrogen (secondary N) is 1. The van der Waals surface area contributed by atoms with Crippen molar-refractivity contribution in [3.05, 3.63) is 29.3 Å². The normalized spacial score (nSPS) is 10.2. The number of carboxylic acids is 1. The lowest BCUT2D eigenvalue weighted by Gasteiger charge is -2.22. The predicted molar refractivity (Wildman–Crippen MR) is 83.7 cm³/mol. The number of hydrogen-bond donors (Lipinski definition) is 2. The highest BCUT2D eigenvalue weighted by atomic mass is 16.4. The minimum Gasteiger partial charge on any atom is -0.481 e. The van der Waals surface area contributed by atoms with E-state index in [0.717, 1.165) is 29.7 Å². The van der Waals surface area contributed by atoms with Crippen molar-refractivity contribution < 1.29 is 14.7 Å². The van der Waals surface area contributed by atoms with Crippen molar-refractivity contribution in [1.82, 2.24) is 4.90 Å². The Labute approximate surface area is 126 Å². The number of amides is 2. The summed E-state index contributed by atoms with van der Waals surface area (Å²) in [5, 5.41) is 11.7. The second-order valence-electron chi connectivity index (χ2n) is 4.81. The van der Waals surface area contributed by atoms with Gasteiger partial charge in [-0.25, -0.2) is 4.79 Å². The molecular formula is C16H24N2O3. The SMILES string of the molecule is CCc1cccc(CC)c1NC(=O)N(CC)CCC(=O)O. The van der Waals surface area contributed by atoms with Crippen molar-refractivity contribution in [1.29, 1.82) is 0 Å². The molecule has 0 aromatic heterocycles. The third-order valence-corrected chi connectivity index (χ3v) is 3.50. The van der Waals surface area contributed by atoms with E-state index in [1.54, 1.807) is 0 Å². The zero-order chi connectivity index (χ0) is 15.8. The van der Waals surface area contributed by atoms with E-state index in [1.165, 1.54) is 4.90 Å². The molecule has 0 saturated carbocycles. The highest BCUT2D eigenvalue weighted by molar-refractivity contribution is 5.91. The summed E-state index contributed by atoms with van der Waals surface area (Å²) in [4.78, 5) is 24.5. The first-order valence-corrected chi connectivity index (χ1v) is 7.41. The fourth-order valence-corrected chi connectivity index (χ4v) is 2.22. The Morgan fingerprint density at radius 3 is 2.14 bits per heavy atom. The van der Waals surface area contributed by atoms with Gasteiger partial charge in [-0.05, 0) is 30.9 Å². The number of benzene rings is 1. The van der Waals surface area contributed by atoms with E-state index in [2.05, 4.69) is 5.32 Å². The Morgan fingerprint density at radius 1 is 1.14 bits per heavy atom. The Kier molecular flexibility index (Phi) is 6.72. The molecule has 2 amide bonds. The number of aryl methyl sites for hydroxylation is 2. The Bertz CT molecular complexity index is 478. The number of hydrogen-bond acceptors (Lipinski definition) is 2. The van der Waals surface area contributed by atoms with Gasteiger partial charge in [-0.2, -0.15) is 0 Å². The molecule has 0 fully saturated rings. The van der Waals surface area contributed by atoms with Crippen molar-refractivity contribution >= 4 is 17.7 Å². The molecule has 0 unspecified atom stereocenters. The average molecular weight is 292 g/mol. The second-order valence-corrected chi connectivity index (χ2v) is 4.81. The fourth-order valence-electron chi connectivity index (χ4n) is 2.22. The van der Waals surface area contributed by atoms with Crippen LogP contribution in [0.4, 0.5) is 10.5 Å². The fraction of sp³-hybridized carbons (Fsp3) is 0.500. The van der Waals surface area contributed by atoms with Crippen molar-refractivity contribution in [3.8, 4) is 0 Å². The average Bonchev–Trinajstić information content (AvgIpc) is 2.47. The summed E-state index contributed by atoms with van der Waals surface area (Å²) in [6.45, 7) is 6.63. The van der Waals surface area contributed by atoms with Gasteiger partial charge in [0.15, 0.2) is 0 Å². The smallest absolute Gasteiger partial charge is 0.321 e. The molecule has 5 nitrogen and oxygen atoms in total. The van der Waals surface area contributed by atoms with Gasteiger partial charge in [0.25, 0.3) is 0 Å². The zero-order valence-electron chi connectivity index (χ0n) is 13.0. The van der Waals surface area contributed by atoms with Crippen LogP contribution >= 0.6 is 0 Å². The third kappa shape index (κ3) is 4.77. The van der Waals surface area contributed by atoms with Crippen LogP contribution in [0, 0.1) is 0 Å². The van der Waals surface area contributed by atoms with Gasteiger partial charge in [0.2, 0.25) is 0 Å². The molecule has 5 heteroatoms. The Morgan fingerprint density at radius 2 is 1.71 bits per heavy atom. The molecule has 0 bridgehead atoms. The molecule has 0 aliphatic rings. The number of aliphatic carboxylic acids is 1. The molecule has 1 aromatic carbocycles. The summed E-state index contributed by atoms with van der Waals surface area (Å²) in [7, 11) is 0. The lowest BCUT2D eigenvalue weighted by Crippen LogP contribution is -2.36. The van der Waals surface area contributed by atoms with Crippen LogP contribution in [0.2, 0.25) is 0 Å². The van der Waals surface area contributed by atoms with E-state index < -0.39 is 5.97 Å². The number of anilines is 1. The highest BCUT2D eigenvalue weighted by Crippen LogP contribution is 2.23. The second kappa shape index (κ2) is 8.29. The van der Waals surface area contributed by atoms with E-state index in [9.17, 15) is 9.59 Å². The molecule has 1 rings (SSSR count). The van der Waals surface area contributed by atoms with Gasteiger partial charge < -0.3 is 15.3 Å². The first kappa shape index (κ1) is 17.0. The van der Waals surface area contributed by atoms with E-state index in [-0.39, 0.29) is 19.0 Å². The van der Waals surface area contributed by atoms with Gasteiger partial charge in [-0.1, -0.05) is 32.0 Å². The third-order valence-electron chi connectivity index (χ3n) is 3.50. The summed E-state index contributed by atoms with van der Waals surface area (Å²) in [5.41, 5.74) is 3.05. The number of carbonyl (C=O) groups excluding carboxylic acids is 1. The lowest BCUT2D eigenvalue weighted by molar-refractivity contribution is -0.137. The van der Waals surface area contributed by atoms with Gasteiger partial charge in [-0.15, -0.1) is 0 Å². The topological polar surface area (TPSA) is 69.6 Å². The first-order chi connectivity index (χ1) is 10.0. The summed E-state index contributed by atoms with van der Waals surface area (Å²) in [5.74, 6) is -0.899. The minimum atomic E-state index is -0.899. The van der Waals surface area contributed by atoms with Crippen LogP contribution in [0.15, 0.2) is 18.2 Å². The van der Waals surface area contributed by atoms with Gasteiger partial charge in [-0.3, -0.25) is 4.79 Å². The largest absolute Gasteiger partial charge is 0.481 e.